The van der Waals surface area contributed by atoms with Gasteiger partial charge in [-0.15, -0.1) is 0 Å². The molecule has 19 heavy (non-hydrogen) atoms. The molecule has 2 heterocycles. The van der Waals surface area contributed by atoms with Crippen LogP contribution in [0, 0.1) is 0 Å². The molecule has 1 aromatic heterocycles. The quantitative estimate of drug-likeness (QED) is 0.763. The number of nitrogens with one attached hydrogen (secondary N) is 3. The maximum absolute atomic E-state index is 12.3. The van der Waals surface area contributed by atoms with Gasteiger partial charge in [0.15, 0.2) is 5.69 Å². The number of carbonyl (C=O) groups excluding carboxylic acids is 1. The van der Waals surface area contributed by atoms with E-state index in [2.05, 4.69) is 27.8 Å². The molecule has 5 heteroatoms. The highest BCUT2D eigenvalue weighted by Gasteiger charge is 2.24. The van der Waals surface area contributed by atoms with Crippen molar-refractivity contribution < 1.29 is 4.79 Å². The molecule has 1 fully saturated rings. The number of nitrogens with zero attached hydrogens (tertiary/aromatic N) is 1. The van der Waals surface area contributed by atoms with Crippen LogP contribution < -0.4 is 10.6 Å². The molecule has 3 N–H and O–H groups in total. The Kier molecular flexibility index (Phi) is 3.21. The molecule has 1 aliphatic rings. The summed E-state index contributed by atoms with van der Waals surface area (Å²) in [7, 11) is 0. The molecule has 1 aliphatic heterocycles. The fourth-order valence-electron chi connectivity index (χ4n) is 2.61. The smallest absolute Gasteiger partial charge is 0.272 e. The number of aromatic amines is 1. The van der Waals surface area contributed by atoms with Crippen molar-refractivity contribution >= 4 is 16.8 Å². The SMILES string of the molecule is CC1NCCCC1NC(=O)c1n[nH]c2ccccc12. The fourth-order valence-corrected chi connectivity index (χ4v) is 2.61. The minimum atomic E-state index is -0.0991. The van der Waals surface area contributed by atoms with Crippen LogP contribution in [0.4, 0.5) is 0 Å². The second kappa shape index (κ2) is 5.01. The number of hydrogen-bond donors (Lipinski definition) is 3. The summed E-state index contributed by atoms with van der Waals surface area (Å²) >= 11 is 0. The van der Waals surface area contributed by atoms with Gasteiger partial charge in [0, 0.05) is 17.5 Å². The van der Waals surface area contributed by atoms with Crippen molar-refractivity contribution in [2.45, 2.75) is 31.8 Å². The zero-order valence-electron chi connectivity index (χ0n) is 10.9. The van der Waals surface area contributed by atoms with Crippen molar-refractivity contribution in [2.75, 3.05) is 6.54 Å². The molecule has 0 spiro atoms. The van der Waals surface area contributed by atoms with E-state index in [9.17, 15) is 4.79 Å². The number of carbonyl (C=O) groups is 1. The standard InChI is InChI=1S/C14H18N4O/c1-9-11(7-4-8-15-9)16-14(19)13-10-5-2-3-6-12(10)17-18-13/h2-3,5-6,9,11,15H,4,7-8H2,1H3,(H,16,19)(H,17,18). The molecule has 0 saturated carbocycles. The third kappa shape index (κ3) is 2.33. The molecule has 1 saturated heterocycles. The zero-order chi connectivity index (χ0) is 13.2. The third-order valence-electron chi connectivity index (χ3n) is 3.76. The molecule has 2 unspecified atom stereocenters. The monoisotopic (exact) mass is 258 g/mol. The number of amides is 1. The summed E-state index contributed by atoms with van der Waals surface area (Å²) in [4.78, 5) is 12.3. The predicted molar refractivity (Wildman–Crippen MR) is 74.0 cm³/mol. The summed E-state index contributed by atoms with van der Waals surface area (Å²) in [5.74, 6) is -0.0991. The van der Waals surface area contributed by atoms with Crippen LogP contribution in [-0.2, 0) is 0 Å². The lowest BCUT2D eigenvalue weighted by Crippen LogP contribution is -2.52. The molecule has 1 aromatic carbocycles. The normalized spacial score (nSPS) is 23.4. The Balaban J connectivity index is 1.80. The maximum Gasteiger partial charge on any atom is 0.272 e. The summed E-state index contributed by atoms with van der Waals surface area (Å²) in [6, 6.07) is 8.16. The van der Waals surface area contributed by atoms with E-state index in [1.165, 1.54) is 0 Å². The summed E-state index contributed by atoms with van der Waals surface area (Å²) in [6.07, 6.45) is 2.11. The van der Waals surface area contributed by atoms with Crippen LogP contribution in [0.5, 0.6) is 0 Å². The second-order valence-corrected chi connectivity index (χ2v) is 5.08. The van der Waals surface area contributed by atoms with Crippen molar-refractivity contribution in [3.05, 3.63) is 30.0 Å². The fraction of sp³-hybridized carbons (Fsp3) is 0.429. The highest BCUT2D eigenvalue weighted by atomic mass is 16.2. The van der Waals surface area contributed by atoms with E-state index in [0.717, 1.165) is 30.3 Å². The van der Waals surface area contributed by atoms with Crippen LogP contribution in [-0.4, -0.2) is 34.7 Å². The lowest BCUT2D eigenvalue weighted by molar-refractivity contribution is 0.0916. The summed E-state index contributed by atoms with van der Waals surface area (Å²) in [5, 5.41) is 14.3. The Morgan fingerprint density at radius 3 is 3.11 bits per heavy atom. The highest BCUT2D eigenvalue weighted by Crippen LogP contribution is 2.16. The zero-order valence-corrected chi connectivity index (χ0v) is 10.9. The van der Waals surface area contributed by atoms with Crippen LogP contribution in [0.2, 0.25) is 0 Å². The van der Waals surface area contributed by atoms with Gasteiger partial charge in [0.25, 0.3) is 5.91 Å². The number of hydrogen-bond acceptors (Lipinski definition) is 3. The summed E-state index contributed by atoms with van der Waals surface area (Å²) < 4.78 is 0. The van der Waals surface area contributed by atoms with E-state index in [1.807, 2.05) is 24.3 Å². The van der Waals surface area contributed by atoms with Gasteiger partial charge in [0.2, 0.25) is 0 Å². The molecule has 3 rings (SSSR count). The van der Waals surface area contributed by atoms with Gasteiger partial charge >= 0.3 is 0 Å². The summed E-state index contributed by atoms with van der Waals surface area (Å²) in [5.41, 5.74) is 1.37. The molecule has 1 amide bonds. The molecule has 0 radical (unpaired) electrons. The van der Waals surface area contributed by atoms with Crippen LogP contribution >= 0.6 is 0 Å². The van der Waals surface area contributed by atoms with Gasteiger partial charge in [-0.05, 0) is 32.4 Å². The number of fused-ring (bicyclic) bond motifs is 1. The Labute approximate surface area is 111 Å². The van der Waals surface area contributed by atoms with Crippen LogP contribution in [0.3, 0.4) is 0 Å². The molecule has 0 bridgehead atoms. The van der Waals surface area contributed by atoms with Crippen molar-refractivity contribution in [2.24, 2.45) is 0 Å². The number of benzene rings is 1. The van der Waals surface area contributed by atoms with E-state index in [-0.39, 0.29) is 11.9 Å². The molecular weight excluding hydrogens is 240 g/mol. The minimum Gasteiger partial charge on any atom is -0.346 e. The van der Waals surface area contributed by atoms with E-state index in [0.29, 0.717) is 11.7 Å². The van der Waals surface area contributed by atoms with Crippen molar-refractivity contribution in [1.29, 1.82) is 0 Å². The minimum absolute atomic E-state index is 0.0991. The Morgan fingerprint density at radius 2 is 2.26 bits per heavy atom. The Bertz CT molecular complexity index is 592. The first-order valence-corrected chi connectivity index (χ1v) is 6.73. The van der Waals surface area contributed by atoms with Crippen LogP contribution in [0.25, 0.3) is 10.9 Å². The van der Waals surface area contributed by atoms with Gasteiger partial charge in [0.05, 0.1) is 5.52 Å². The number of rotatable bonds is 2. The van der Waals surface area contributed by atoms with Gasteiger partial charge in [-0.25, -0.2) is 0 Å². The maximum atomic E-state index is 12.3. The average molecular weight is 258 g/mol. The highest BCUT2D eigenvalue weighted by molar-refractivity contribution is 6.04. The first-order valence-electron chi connectivity index (χ1n) is 6.73. The van der Waals surface area contributed by atoms with Gasteiger partial charge in [-0.3, -0.25) is 9.89 Å². The number of aromatic nitrogens is 2. The molecular formula is C14H18N4O. The Morgan fingerprint density at radius 1 is 1.42 bits per heavy atom. The topological polar surface area (TPSA) is 69.8 Å². The lowest BCUT2D eigenvalue weighted by Gasteiger charge is -2.30. The van der Waals surface area contributed by atoms with E-state index in [4.69, 9.17) is 0 Å². The summed E-state index contributed by atoms with van der Waals surface area (Å²) in [6.45, 7) is 3.13. The van der Waals surface area contributed by atoms with Gasteiger partial charge in [-0.1, -0.05) is 18.2 Å². The van der Waals surface area contributed by atoms with Gasteiger partial charge in [0.1, 0.15) is 0 Å². The molecule has 2 aromatic rings. The van der Waals surface area contributed by atoms with Crippen LogP contribution in [0.1, 0.15) is 30.3 Å². The van der Waals surface area contributed by atoms with Crippen molar-refractivity contribution in [3.8, 4) is 0 Å². The predicted octanol–water partition coefficient (Wildman–Crippen LogP) is 1.43. The first-order chi connectivity index (χ1) is 9.25. The van der Waals surface area contributed by atoms with E-state index in [1.54, 1.807) is 0 Å². The van der Waals surface area contributed by atoms with Gasteiger partial charge < -0.3 is 10.6 Å². The molecule has 5 nitrogen and oxygen atoms in total. The molecule has 100 valence electrons. The number of para-hydroxylation sites is 1. The Hall–Kier alpha value is -1.88. The lowest BCUT2D eigenvalue weighted by atomic mass is 9.99. The second-order valence-electron chi connectivity index (χ2n) is 5.08. The molecule has 2 atom stereocenters. The van der Waals surface area contributed by atoms with Crippen molar-refractivity contribution in [3.63, 3.8) is 0 Å². The van der Waals surface area contributed by atoms with Crippen LogP contribution in [0.15, 0.2) is 24.3 Å². The number of H-pyrrole nitrogens is 1. The third-order valence-corrected chi connectivity index (χ3v) is 3.76. The first kappa shape index (κ1) is 12.2. The molecule has 0 aliphatic carbocycles. The number of piperidine rings is 1. The largest absolute Gasteiger partial charge is 0.346 e. The van der Waals surface area contributed by atoms with E-state index >= 15 is 0 Å². The van der Waals surface area contributed by atoms with Gasteiger partial charge in [-0.2, -0.15) is 5.10 Å². The van der Waals surface area contributed by atoms with E-state index < -0.39 is 0 Å². The van der Waals surface area contributed by atoms with Crippen molar-refractivity contribution in [1.82, 2.24) is 20.8 Å². The average Bonchev–Trinajstić information content (AvgIpc) is 2.85.